The fourth-order valence-corrected chi connectivity index (χ4v) is 1.82. The second kappa shape index (κ2) is 8.51. The van der Waals surface area contributed by atoms with Crippen LogP contribution in [0.3, 0.4) is 0 Å². The quantitative estimate of drug-likeness (QED) is 0.684. The molecule has 2 aromatic rings. The maximum Gasteiger partial charge on any atom is 0.325 e. The second-order valence-corrected chi connectivity index (χ2v) is 4.77. The molecule has 0 aliphatic heterocycles. The molecule has 2 rings (SSSR count). The molecule has 0 spiro atoms. The Labute approximate surface area is 138 Å². The molecule has 1 aromatic carbocycles. The fraction of sp³-hybridized carbons (Fsp3) is 0.333. The van der Waals surface area contributed by atoms with Gasteiger partial charge in [0.1, 0.15) is 23.7 Å². The molecule has 0 aliphatic carbocycles. The van der Waals surface area contributed by atoms with Crippen LogP contribution in [0.5, 0.6) is 11.5 Å². The number of carboxylic acids is 1. The molecule has 2 N–H and O–H groups in total. The zero-order chi connectivity index (χ0) is 17.4. The number of carbonyl (C=O) groups excluding carboxylic acids is 1. The number of amides is 1. The van der Waals surface area contributed by atoms with Crippen molar-refractivity contribution < 1.29 is 24.2 Å². The van der Waals surface area contributed by atoms with Crippen LogP contribution >= 0.6 is 0 Å². The maximum atomic E-state index is 11.7. The number of benzene rings is 1. The fourth-order valence-electron chi connectivity index (χ4n) is 1.82. The summed E-state index contributed by atoms with van der Waals surface area (Å²) in [6, 6.07) is 6.96. The summed E-state index contributed by atoms with van der Waals surface area (Å²) < 4.78 is 11.9. The lowest BCUT2D eigenvalue weighted by atomic mass is 10.3. The van der Waals surface area contributed by atoms with E-state index in [-0.39, 0.29) is 25.6 Å². The highest BCUT2D eigenvalue weighted by Crippen LogP contribution is 2.17. The van der Waals surface area contributed by atoms with E-state index in [0.717, 1.165) is 5.75 Å². The number of carboxylic acid groups (broad SMARTS) is 1. The van der Waals surface area contributed by atoms with E-state index in [0.29, 0.717) is 18.1 Å². The highest BCUT2D eigenvalue weighted by molar-refractivity contribution is 5.77. The molecule has 0 atom stereocenters. The minimum Gasteiger partial charge on any atom is -0.494 e. The zero-order valence-corrected chi connectivity index (χ0v) is 13.1. The Morgan fingerprint density at radius 1 is 1.21 bits per heavy atom. The Kier molecular flexibility index (Phi) is 6.12. The summed E-state index contributed by atoms with van der Waals surface area (Å²) in [5.41, 5.74) is 0.464. The van der Waals surface area contributed by atoms with Crippen molar-refractivity contribution in [1.29, 1.82) is 0 Å². The van der Waals surface area contributed by atoms with Crippen LogP contribution in [0.25, 0.3) is 0 Å². The van der Waals surface area contributed by atoms with Gasteiger partial charge in [0.05, 0.1) is 19.3 Å². The molecular weight excluding hydrogens is 316 g/mol. The van der Waals surface area contributed by atoms with Gasteiger partial charge in [-0.3, -0.25) is 9.59 Å². The van der Waals surface area contributed by atoms with Crippen LogP contribution in [0.1, 0.15) is 12.6 Å². The monoisotopic (exact) mass is 334 g/mol. The summed E-state index contributed by atoms with van der Waals surface area (Å²) in [4.78, 5) is 22.3. The van der Waals surface area contributed by atoms with Gasteiger partial charge in [0.15, 0.2) is 6.61 Å². The molecule has 0 unspecified atom stereocenters. The van der Waals surface area contributed by atoms with E-state index in [1.165, 1.54) is 10.9 Å². The SMILES string of the molecule is CCOc1ccc(OCC(=O)NCc2cn(CC(=O)O)nn2)cc1. The van der Waals surface area contributed by atoms with Gasteiger partial charge in [-0.15, -0.1) is 5.10 Å². The van der Waals surface area contributed by atoms with Crippen molar-refractivity contribution >= 4 is 11.9 Å². The maximum absolute atomic E-state index is 11.7. The lowest BCUT2D eigenvalue weighted by molar-refractivity contribution is -0.138. The number of carbonyl (C=O) groups is 2. The van der Waals surface area contributed by atoms with E-state index in [9.17, 15) is 9.59 Å². The largest absolute Gasteiger partial charge is 0.494 e. The molecule has 0 aliphatic rings. The van der Waals surface area contributed by atoms with Gasteiger partial charge in [-0.25, -0.2) is 4.68 Å². The van der Waals surface area contributed by atoms with Gasteiger partial charge in [-0.2, -0.15) is 0 Å². The molecule has 0 saturated carbocycles. The van der Waals surface area contributed by atoms with Crippen molar-refractivity contribution in [2.45, 2.75) is 20.0 Å². The van der Waals surface area contributed by atoms with Crippen molar-refractivity contribution in [1.82, 2.24) is 20.3 Å². The standard InChI is InChI=1S/C15H18N4O5/c1-2-23-12-3-5-13(6-4-12)24-10-14(20)16-7-11-8-19(18-17-11)9-15(21)22/h3-6,8H,2,7,9-10H2,1H3,(H,16,20)(H,21,22). The third kappa shape index (κ3) is 5.59. The third-order valence-corrected chi connectivity index (χ3v) is 2.85. The van der Waals surface area contributed by atoms with Crippen LogP contribution in [0.15, 0.2) is 30.5 Å². The molecule has 1 heterocycles. The summed E-state index contributed by atoms with van der Waals surface area (Å²) in [5, 5.41) is 18.7. The Hall–Kier alpha value is -3.10. The van der Waals surface area contributed by atoms with Crippen molar-refractivity contribution in [2.24, 2.45) is 0 Å². The van der Waals surface area contributed by atoms with Gasteiger partial charge in [-0.1, -0.05) is 5.21 Å². The first-order valence-electron chi connectivity index (χ1n) is 7.30. The van der Waals surface area contributed by atoms with Gasteiger partial charge < -0.3 is 19.9 Å². The average Bonchev–Trinajstić information content (AvgIpc) is 2.99. The summed E-state index contributed by atoms with van der Waals surface area (Å²) >= 11 is 0. The van der Waals surface area contributed by atoms with Crippen molar-refractivity contribution in [3.63, 3.8) is 0 Å². The van der Waals surface area contributed by atoms with Crippen molar-refractivity contribution in [3.8, 4) is 11.5 Å². The van der Waals surface area contributed by atoms with Crippen molar-refractivity contribution in [2.75, 3.05) is 13.2 Å². The van der Waals surface area contributed by atoms with E-state index in [1.54, 1.807) is 24.3 Å². The molecule has 9 nitrogen and oxygen atoms in total. The zero-order valence-electron chi connectivity index (χ0n) is 13.1. The van der Waals surface area contributed by atoms with Crippen LogP contribution in [-0.2, 0) is 22.7 Å². The molecule has 0 fully saturated rings. The van der Waals surface area contributed by atoms with Crippen LogP contribution in [0.2, 0.25) is 0 Å². The minimum absolute atomic E-state index is 0.142. The predicted octanol–water partition coefficient (Wildman–Crippen LogP) is 0.457. The Morgan fingerprint density at radius 2 is 1.88 bits per heavy atom. The molecule has 1 amide bonds. The van der Waals surface area contributed by atoms with Crippen LogP contribution in [0.4, 0.5) is 0 Å². The average molecular weight is 334 g/mol. The van der Waals surface area contributed by atoms with Crippen LogP contribution in [-0.4, -0.2) is 45.2 Å². The third-order valence-electron chi connectivity index (χ3n) is 2.85. The van der Waals surface area contributed by atoms with Crippen LogP contribution in [0, 0.1) is 0 Å². The number of aromatic nitrogens is 3. The number of ether oxygens (including phenoxy) is 2. The molecule has 128 valence electrons. The Bertz CT molecular complexity index is 683. The van der Waals surface area contributed by atoms with Crippen molar-refractivity contribution in [3.05, 3.63) is 36.2 Å². The van der Waals surface area contributed by atoms with Gasteiger partial charge in [0.25, 0.3) is 5.91 Å². The number of rotatable bonds is 9. The molecule has 0 saturated heterocycles. The second-order valence-electron chi connectivity index (χ2n) is 4.77. The molecule has 24 heavy (non-hydrogen) atoms. The Morgan fingerprint density at radius 3 is 2.50 bits per heavy atom. The minimum atomic E-state index is -1.01. The normalized spacial score (nSPS) is 10.2. The Balaban J connectivity index is 1.73. The summed E-state index contributed by atoms with van der Waals surface area (Å²) in [6.45, 7) is 2.21. The van der Waals surface area contributed by atoms with E-state index in [1.807, 2.05) is 6.92 Å². The number of hydrogen-bond donors (Lipinski definition) is 2. The van der Waals surface area contributed by atoms with Gasteiger partial charge in [0.2, 0.25) is 0 Å². The highest BCUT2D eigenvalue weighted by atomic mass is 16.5. The smallest absolute Gasteiger partial charge is 0.325 e. The number of nitrogens with one attached hydrogen (secondary N) is 1. The van der Waals surface area contributed by atoms with Gasteiger partial charge in [0, 0.05) is 0 Å². The molecular formula is C15H18N4O5. The van der Waals surface area contributed by atoms with Crippen LogP contribution < -0.4 is 14.8 Å². The first kappa shape index (κ1) is 17.3. The first-order chi connectivity index (χ1) is 11.6. The van der Waals surface area contributed by atoms with E-state index < -0.39 is 5.97 Å². The summed E-state index contributed by atoms with van der Waals surface area (Å²) in [7, 11) is 0. The topological polar surface area (TPSA) is 116 Å². The predicted molar refractivity (Wildman–Crippen MR) is 82.6 cm³/mol. The summed E-state index contributed by atoms with van der Waals surface area (Å²) in [5.74, 6) is -0.0457. The first-order valence-corrected chi connectivity index (χ1v) is 7.30. The number of nitrogens with zero attached hydrogens (tertiary/aromatic N) is 3. The lowest BCUT2D eigenvalue weighted by Gasteiger charge is -2.07. The lowest BCUT2D eigenvalue weighted by Crippen LogP contribution is -2.28. The van der Waals surface area contributed by atoms with E-state index >= 15 is 0 Å². The summed E-state index contributed by atoms with van der Waals surface area (Å²) in [6.07, 6.45) is 1.46. The highest BCUT2D eigenvalue weighted by Gasteiger charge is 2.07. The molecule has 0 bridgehead atoms. The van der Waals surface area contributed by atoms with E-state index in [2.05, 4.69) is 15.6 Å². The molecule has 1 aromatic heterocycles. The molecule has 0 radical (unpaired) electrons. The van der Waals surface area contributed by atoms with Gasteiger partial charge in [-0.05, 0) is 31.2 Å². The molecule has 9 heteroatoms. The number of hydrogen-bond acceptors (Lipinski definition) is 6. The van der Waals surface area contributed by atoms with Gasteiger partial charge >= 0.3 is 5.97 Å². The number of aliphatic carboxylic acids is 1. The van der Waals surface area contributed by atoms with E-state index in [4.69, 9.17) is 14.6 Å².